The molecule has 0 unspecified atom stereocenters. The summed E-state index contributed by atoms with van der Waals surface area (Å²) in [7, 11) is -0.508. The monoisotopic (exact) mass is 687 g/mol. The Bertz CT molecular complexity index is 1760. The van der Waals surface area contributed by atoms with Crippen LogP contribution >= 0.6 is 0 Å². The summed E-state index contributed by atoms with van der Waals surface area (Å²) in [5.41, 5.74) is 2.56. The van der Waals surface area contributed by atoms with Gasteiger partial charge in [-0.25, -0.2) is 8.42 Å². The van der Waals surface area contributed by atoms with E-state index in [0.717, 1.165) is 16.7 Å². The highest BCUT2D eigenvalue weighted by atomic mass is 32.2. The number of nitrogens with one attached hydrogen (secondary N) is 1. The molecule has 1 fully saturated rings. The summed E-state index contributed by atoms with van der Waals surface area (Å²) in [5, 5.41) is 3.01. The van der Waals surface area contributed by atoms with Crippen LogP contribution in [-0.2, 0) is 43.9 Å². The van der Waals surface area contributed by atoms with Crippen molar-refractivity contribution >= 4 is 21.8 Å². The summed E-state index contributed by atoms with van der Waals surface area (Å²) in [5.74, 6) is 0.964. The average molecular weight is 688 g/mol. The van der Waals surface area contributed by atoms with Crippen LogP contribution in [0.5, 0.6) is 17.2 Å². The second kappa shape index (κ2) is 17.0. The molecule has 0 radical (unpaired) electrons. The standard InChI is InChI=1S/C37H41N3O8S/c1-45-31-12-8-29(9-13-31)25-38-37(42)35(24-28-6-4-3-5-7-28)40(26-30-10-14-32(46-2)15-11-30)36(41)27-48-33-16-18-34(19-17-33)49(43,44)39-20-22-47-23-21-39/h3-19,35H,20-27H2,1-2H3,(H,38,42)/t35-/m1/s1. The lowest BCUT2D eigenvalue weighted by atomic mass is 10.0. The van der Waals surface area contributed by atoms with Crippen molar-refractivity contribution in [1.29, 1.82) is 0 Å². The Hall–Kier alpha value is -4.91. The minimum absolute atomic E-state index is 0.130. The molecular formula is C37H41N3O8S. The zero-order chi connectivity index (χ0) is 34.6. The molecule has 5 rings (SSSR count). The summed E-state index contributed by atoms with van der Waals surface area (Å²) in [6, 6.07) is 29.3. The molecule has 0 bridgehead atoms. The van der Waals surface area contributed by atoms with E-state index in [0.29, 0.717) is 30.5 Å². The van der Waals surface area contributed by atoms with Crippen molar-refractivity contribution in [3.63, 3.8) is 0 Å². The van der Waals surface area contributed by atoms with Crippen LogP contribution in [0.25, 0.3) is 0 Å². The van der Waals surface area contributed by atoms with Crippen LogP contribution < -0.4 is 19.5 Å². The van der Waals surface area contributed by atoms with Gasteiger partial charge in [0, 0.05) is 32.6 Å². The van der Waals surface area contributed by atoms with Crippen LogP contribution in [0.2, 0.25) is 0 Å². The number of nitrogens with zero attached hydrogens (tertiary/aromatic N) is 2. The molecule has 2 amide bonds. The first-order valence-electron chi connectivity index (χ1n) is 15.9. The number of hydrogen-bond donors (Lipinski definition) is 1. The van der Waals surface area contributed by atoms with Gasteiger partial charge in [0.05, 0.1) is 32.3 Å². The number of hydrogen-bond acceptors (Lipinski definition) is 8. The lowest BCUT2D eigenvalue weighted by molar-refractivity contribution is -0.142. The fraction of sp³-hybridized carbons (Fsp3) is 0.297. The molecule has 12 heteroatoms. The van der Waals surface area contributed by atoms with Crippen LogP contribution in [0.15, 0.2) is 108 Å². The second-order valence-corrected chi connectivity index (χ2v) is 13.4. The number of rotatable bonds is 15. The van der Waals surface area contributed by atoms with E-state index < -0.39 is 22.0 Å². The Balaban J connectivity index is 1.36. The predicted octanol–water partition coefficient (Wildman–Crippen LogP) is 4.06. The molecular weight excluding hydrogens is 646 g/mol. The largest absolute Gasteiger partial charge is 0.497 e. The molecule has 1 heterocycles. The van der Waals surface area contributed by atoms with Gasteiger partial charge in [-0.2, -0.15) is 4.31 Å². The molecule has 1 saturated heterocycles. The summed E-state index contributed by atoms with van der Waals surface area (Å²) < 4.78 is 49.2. The Kier molecular flexibility index (Phi) is 12.3. The number of benzene rings is 4. The molecule has 1 atom stereocenters. The molecule has 0 aromatic heterocycles. The maximum absolute atomic E-state index is 14.0. The fourth-order valence-corrected chi connectivity index (χ4v) is 6.81. The van der Waals surface area contributed by atoms with Crippen molar-refractivity contribution in [2.75, 3.05) is 47.1 Å². The predicted molar refractivity (Wildman–Crippen MR) is 184 cm³/mol. The van der Waals surface area contributed by atoms with Crippen LogP contribution in [0.3, 0.4) is 0 Å². The molecule has 1 aliphatic heterocycles. The van der Waals surface area contributed by atoms with Gasteiger partial charge in [0.25, 0.3) is 5.91 Å². The van der Waals surface area contributed by atoms with Gasteiger partial charge in [0.1, 0.15) is 23.3 Å². The Morgan fingerprint density at radius 2 is 1.35 bits per heavy atom. The molecule has 49 heavy (non-hydrogen) atoms. The Morgan fingerprint density at radius 3 is 1.94 bits per heavy atom. The highest BCUT2D eigenvalue weighted by Gasteiger charge is 2.31. The van der Waals surface area contributed by atoms with E-state index in [9.17, 15) is 18.0 Å². The molecule has 4 aromatic carbocycles. The first kappa shape index (κ1) is 35.4. The molecule has 258 valence electrons. The topological polar surface area (TPSA) is 124 Å². The summed E-state index contributed by atoms with van der Waals surface area (Å²) in [6.45, 7) is 1.29. The highest BCUT2D eigenvalue weighted by Crippen LogP contribution is 2.22. The van der Waals surface area contributed by atoms with E-state index in [-0.39, 0.29) is 50.0 Å². The van der Waals surface area contributed by atoms with Crippen molar-refractivity contribution in [2.24, 2.45) is 0 Å². The second-order valence-electron chi connectivity index (χ2n) is 11.4. The first-order chi connectivity index (χ1) is 23.8. The number of carbonyl (C=O) groups is 2. The van der Waals surface area contributed by atoms with Crippen molar-refractivity contribution in [2.45, 2.75) is 30.4 Å². The number of morpholine rings is 1. The Morgan fingerprint density at radius 1 is 0.776 bits per heavy atom. The number of methoxy groups -OCH3 is 2. The molecule has 0 spiro atoms. The zero-order valence-corrected chi connectivity index (χ0v) is 28.4. The fourth-order valence-electron chi connectivity index (χ4n) is 5.40. The van der Waals surface area contributed by atoms with Crippen LogP contribution in [0, 0.1) is 0 Å². The highest BCUT2D eigenvalue weighted by molar-refractivity contribution is 7.89. The van der Waals surface area contributed by atoms with E-state index in [1.807, 2.05) is 66.7 Å². The van der Waals surface area contributed by atoms with E-state index >= 15 is 0 Å². The molecule has 1 N–H and O–H groups in total. The lowest BCUT2D eigenvalue weighted by Gasteiger charge is -2.31. The maximum atomic E-state index is 14.0. The molecule has 0 saturated carbocycles. The SMILES string of the molecule is COc1ccc(CNC(=O)[C@@H](Cc2ccccc2)N(Cc2ccc(OC)cc2)C(=O)COc2ccc(S(=O)(=O)N3CCOCC3)cc2)cc1. The van der Waals surface area contributed by atoms with Crippen molar-refractivity contribution in [1.82, 2.24) is 14.5 Å². The number of sulfonamides is 1. The number of carbonyl (C=O) groups excluding carboxylic acids is 2. The van der Waals surface area contributed by atoms with Gasteiger partial charge in [-0.15, -0.1) is 0 Å². The van der Waals surface area contributed by atoms with Crippen LogP contribution in [-0.4, -0.2) is 82.6 Å². The third-order valence-corrected chi connectivity index (χ3v) is 10.1. The smallest absolute Gasteiger partial charge is 0.261 e. The molecule has 0 aliphatic carbocycles. The van der Waals surface area contributed by atoms with Gasteiger partial charge >= 0.3 is 0 Å². The van der Waals surface area contributed by atoms with Crippen molar-refractivity contribution < 1.29 is 37.0 Å². The van der Waals surface area contributed by atoms with Gasteiger partial charge in [0.15, 0.2) is 6.61 Å². The van der Waals surface area contributed by atoms with E-state index in [1.54, 1.807) is 26.4 Å². The first-order valence-corrected chi connectivity index (χ1v) is 17.4. The Labute approximate surface area is 287 Å². The molecule has 4 aromatic rings. The van der Waals surface area contributed by atoms with Crippen molar-refractivity contribution in [3.8, 4) is 17.2 Å². The van der Waals surface area contributed by atoms with Gasteiger partial charge in [0.2, 0.25) is 15.9 Å². The van der Waals surface area contributed by atoms with E-state index in [1.165, 1.54) is 33.5 Å². The maximum Gasteiger partial charge on any atom is 0.261 e. The third-order valence-electron chi connectivity index (χ3n) is 8.20. The summed E-state index contributed by atoms with van der Waals surface area (Å²) >= 11 is 0. The number of ether oxygens (including phenoxy) is 4. The van der Waals surface area contributed by atoms with Crippen LogP contribution in [0.4, 0.5) is 0 Å². The van der Waals surface area contributed by atoms with Gasteiger partial charge in [-0.1, -0.05) is 54.6 Å². The quantitative estimate of drug-likeness (QED) is 0.199. The zero-order valence-electron chi connectivity index (χ0n) is 27.6. The minimum atomic E-state index is -3.68. The van der Waals surface area contributed by atoms with Crippen molar-refractivity contribution in [3.05, 3.63) is 120 Å². The van der Waals surface area contributed by atoms with Gasteiger partial charge < -0.3 is 29.2 Å². The summed E-state index contributed by atoms with van der Waals surface area (Å²) in [4.78, 5) is 29.6. The third kappa shape index (κ3) is 9.59. The average Bonchev–Trinajstić information content (AvgIpc) is 3.15. The number of amides is 2. The molecule has 1 aliphatic rings. The summed E-state index contributed by atoms with van der Waals surface area (Å²) in [6.07, 6.45) is 0.269. The van der Waals surface area contributed by atoms with Gasteiger partial charge in [-0.3, -0.25) is 9.59 Å². The lowest BCUT2D eigenvalue weighted by Crippen LogP contribution is -2.51. The van der Waals surface area contributed by atoms with E-state index in [4.69, 9.17) is 18.9 Å². The molecule has 11 nitrogen and oxygen atoms in total. The van der Waals surface area contributed by atoms with Gasteiger partial charge in [-0.05, 0) is 65.2 Å². The normalized spacial score (nSPS) is 14.0. The minimum Gasteiger partial charge on any atom is -0.497 e. The van der Waals surface area contributed by atoms with E-state index in [2.05, 4.69) is 5.32 Å². The van der Waals surface area contributed by atoms with Crippen LogP contribution in [0.1, 0.15) is 16.7 Å².